The van der Waals surface area contributed by atoms with Gasteiger partial charge in [-0.15, -0.1) is 11.3 Å². The van der Waals surface area contributed by atoms with Crippen LogP contribution >= 0.6 is 34.5 Å². The zero-order chi connectivity index (χ0) is 15.1. The molecule has 1 aliphatic carbocycles. The predicted octanol–water partition coefficient (Wildman–Crippen LogP) is 5.10. The number of rotatable bonds is 3. The first-order valence-corrected chi connectivity index (χ1v) is 8.74. The molecular weight excluding hydrogens is 337 g/mol. The summed E-state index contributed by atoms with van der Waals surface area (Å²) in [5.74, 6) is 0.814. The van der Waals surface area contributed by atoms with Gasteiger partial charge in [-0.3, -0.25) is 0 Å². The van der Waals surface area contributed by atoms with Gasteiger partial charge in [-0.05, 0) is 48.1 Å². The van der Waals surface area contributed by atoms with Crippen LogP contribution in [0.25, 0.3) is 10.2 Å². The van der Waals surface area contributed by atoms with Crippen LogP contribution in [0.15, 0.2) is 24.3 Å². The Kier molecular flexibility index (Phi) is 3.68. The highest BCUT2D eigenvalue weighted by atomic mass is 35.5. The number of halogens is 2. The van der Waals surface area contributed by atoms with Gasteiger partial charge in [0.25, 0.3) is 0 Å². The Balaban J connectivity index is 1.73. The molecule has 0 radical (unpaired) electrons. The van der Waals surface area contributed by atoms with E-state index in [4.69, 9.17) is 23.2 Å². The van der Waals surface area contributed by atoms with Crippen molar-refractivity contribution < 1.29 is 0 Å². The van der Waals surface area contributed by atoms with Crippen LogP contribution in [0.5, 0.6) is 0 Å². The number of hydrogen-bond acceptors (Lipinski definition) is 4. The van der Waals surface area contributed by atoms with Crippen LogP contribution in [-0.2, 0) is 19.4 Å². The fourth-order valence-corrected chi connectivity index (χ4v) is 4.60. The standard InChI is InChI=1S/C16H13Cl2N3S/c17-11-6-2-1-4-9(11)8-19-14-13-10-5-3-7-12(10)22-15(13)21-16(18)20-14/h1-2,4,6H,3,5,7-8H2,(H,19,20,21). The van der Waals surface area contributed by atoms with Gasteiger partial charge in [0.1, 0.15) is 10.6 Å². The Morgan fingerprint density at radius 3 is 2.86 bits per heavy atom. The van der Waals surface area contributed by atoms with Crippen LogP contribution in [-0.4, -0.2) is 9.97 Å². The van der Waals surface area contributed by atoms with Gasteiger partial charge in [-0.1, -0.05) is 29.8 Å². The second-order valence-electron chi connectivity index (χ2n) is 5.32. The maximum absolute atomic E-state index is 6.22. The highest BCUT2D eigenvalue weighted by molar-refractivity contribution is 7.19. The highest BCUT2D eigenvalue weighted by Gasteiger charge is 2.22. The molecule has 1 N–H and O–H groups in total. The summed E-state index contributed by atoms with van der Waals surface area (Å²) in [4.78, 5) is 11.2. The topological polar surface area (TPSA) is 37.8 Å². The van der Waals surface area contributed by atoms with E-state index in [0.717, 1.165) is 39.5 Å². The molecule has 0 saturated carbocycles. The maximum atomic E-state index is 6.22. The number of fused-ring (bicyclic) bond motifs is 3. The molecule has 3 aromatic rings. The minimum Gasteiger partial charge on any atom is -0.365 e. The lowest BCUT2D eigenvalue weighted by Gasteiger charge is -2.09. The normalized spacial score (nSPS) is 13.5. The summed E-state index contributed by atoms with van der Waals surface area (Å²) in [6.45, 7) is 0.618. The molecule has 3 nitrogen and oxygen atoms in total. The molecule has 112 valence electrons. The van der Waals surface area contributed by atoms with Crippen LogP contribution < -0.4 is 5.32 Å². The third kappa shape index (κ3) is 2.45. The van der Waals surface area contributed by atoms with E-state index in [1.165, 1.54) is 16.9 Å². The van der Waals surface area contributed by atoms with Crippen molar-refractivity contribution in [3.63, 3.8) is 0 Å². The zero-order valence-electron chi connectivity index (χ0n) is 11.7. The molecule has 4 rings (SSSR count). The summed E-state index contributed by atoms with van der Waals surface area (Å²) in [6, 6.07) is 7.81. The van der Waals surface area contributed by atoms with Crippen LogP contribution in [0.4, 0.5) is 5.82 Å². The lowest BCUT2D eigenvalue weighted by molar-refractivity contribution is 0.917. The molecule has 0 atom stereocenters. The molecule has 0 unspecified atom stereocenters. The van der Waals surface area contributed by atoms with Crippen molar-refractivity contribution in [3.8, 4) is 0 Å². The molecule has 2 aromatic heterocycles. The van der Waals surface area contributed by atoms with E-state index in [1.54, 1.807) is 11.3 Å². The van der Waals surface area contributed by atoms with Gasteiger partial charge >= 0.3 is 0 Å². The quantitative estimate of drug-likeness (QED) is 0.668. The van der Waals surface area contributed by atoms with Gasteiger partial charge in [0, 0.05) is 16.4 Å². The van der Waals surface area contributed by atoms with Gasteiger partial charge in [0.05, 0.1) is 5.39 Å². The van der Waals surface area contributed by atoms with E-state index in [-0.39, 0.29) is 5.28 Å². The molecule has 1 aromatic carbocycles. The Bertz CT molecular complexity index is 860. The van der Waals surface area contributed by atoms with Crippen molar-refractivity contribution in [2.24, 2.45) is 0 Å². The lowest BCUT2D eigenvalue weighted by Crippen LogP contribution is -2.03. The van der Waals surface area contributed by atoms with Gasteiger partial charge < -0.3 is 5.32 Å². The number of hydrogen-bond donors (Lipinski definition) is 1. The molecule has 0 spiro atoms. The van der Waals surface area contributed by atoms with Crippen molar-refractivity contribution >= 4 is 50.6 Å². The molecule has 6 heteroatoms. The summed E-state index contributed by atoms with van der Waals surface area (Å²) < 4.78 is 0. The van der Waals surface area contributed by atoms with Crippen molar-refractivity contribution in [3.05, 3.63) is 50.6 Å². The molecule has 2 heterocycles. The Hall–Kier alpha value is -1.36. The van der Waals surface area contributed by atoms with Crippen LogP contribution in [0.2, 0.25) is 10.3 Å². The van der Waals surface area contributed by atoms with Crippen LogP contribution in [0, 0.1) is 0 Å². The molecule has 1 aliphatic rings. The molecule has 0 amide bonds. The van der Waals surface area contributed by atoms with E-state index >= 15 is 0 Å². The van der Waals surface area contributed by atoms with Gasteiger partial charge in [0.15, 0.2) is 0 Å². The Labute approximate surface area is 142 Å². The SMILES string of the molecule is Clc1nc(NCc2ccccc2Cl)c2c3c(sc2n1)CCC3. The Morgan fingerprint density at radius 2 is 2.00 bits per heavy atom. The van der Waals surface area contributed by atoms with Crippen molar-refractivity contribution in [1.82, 2.24) is 9.97 Å². The number of nitrogens with one attached hydrogen (secondary N) is 1. The fraction of sp³-hybridized carbons (Fsp3) is 0.250. The fourth-order valence-electron chi connectivity index (χ4n) is 2.92. The lowest BCUT2D eigenvalue weighted by atomic mass is 10.2. The molecule has 22 heavy (non-hydrogen) atoms. The summed E-state index contributed by atoms with van der Waals surface area (Å²) in [7, 11) is 0. The second kappa shape index (κ2) is 5.69. The van der Waals surface area contributed by atoms with Crippen LogP contribution in [0.3, 0.4) is 0 Å². The predicted molar refractivity (Wildman–Crippen MR) is 93.2 cm³/mol. The number of nitrogens with zero attached hydrogens (tertiary/aromatic N) is 2. The summed E-state index contributed by atoms with van der Waals surface area (Å²) in [5, 5.41) is 5.56. The number of thiophene rings is 1. The van der Waals surface area contributed by atoms with Gasteiger partial charge in [-0.2, -0.15) is 0 Å². The smallest absolute Gasteiger partial charge is 0.225 e. The van der Waals surface area contributed by atoms with Crippen molar-refractivity contribution in [1.29, 1.82) is 0 Å². The number of aryl methyl sites for hydroxylation is 2. The molecule has 0 saturated heterocycles. The maximum Gasteiger partial charge on any atom is 0.225 e. The third-order valence-corrected chi connectivity index (χ3v) is 5.66. The molecule has 0 aliphatic heterocycles. The first-order valence-electron chi connectivity index (χ1n) is 7.17. The highest BCUT2D eigenvalue weighted by Crippen LogP contribution is 2.40. The number of benzene rings is 1. The summed E-state index contributed by atoms with van der Waals surface area (Å²) >= 11 is 14.0. The third-order valence-electron chi connectivity index (χ3n) is 3.94. The molecule has 0 fully saturated rings. The zero-order valence-corrected chi connectivity index (χ0v) is 14.0. The van der Waals surface area contributed by atoms with Crippen molar-refractivity contribution in [2.45, 2.75) is 25.8 Å². The first kappa shape index (κ1) is 14.2. The van der Waals surface area contributed by atoms with E-state index in [1.807, 2.05) is 24.3 Å². The monoisotopic (exact) mass is 349 g/mol. The minimum atomic E-state index is 0.286. The average Bonchev–Trinajstić information content (AvgIpc) is 3.06. The van der Waals surface area contributed by atoms with E-state index in [9.17, 15) is 0 Å². The van der Waals surface area contributed by atoms with E-state index < -0.39 is 0 Å². The van der Waals surface area contributed by atoms with Gasteiger partial charge in [-0.25, -0.2) is 9.97 Å². The van der Waals surface area contributed by atoms with Crippen LogP contribution in [0.1, 0.15) is 22.4 Å². The van der Waals surface area contributed by atoms with Gasteiger partial charge in [0.2, 0.25) is 5.28 Å². The molecule has 0 bridgehead atoms. The average molecular weight is 350 g/mol. The molecular formula is C16H13Cl2N3S. The summed E-state index contributed by atoms with van der Waals surface area (Å²) in [5.41, 5.74) is 2.43. The number of aromatic nitrogens is 2. The largest absolute Gasteiger partial charge is 0.365 e. The van der Waals surface area contributed by atoms with E-state index in [0.29, 0.717) is 6.54 Å². The first-order chi connectivity index (χ1) is 10.7. The number of anilines is 1. The summed E-state index contributed by atoms with van der Waals surface area (Å²) in [6.07, 6.45) is 3.45. The Morgan fingerprint density at radius 1 is 1.14 bits per heavy atom. The van der Waals surface area contributed by atoms with Crippen molar-refractivity contribution in [2.75, 3.05) is 5.32 Å². The second-order valence-corrected chi connectivity index (χ2v) is 7.15. The van der Waals surface area contributed by atoms with E-state index in [2.05, 4.69) is 15.3 Å². The minimum absolute atomic E-state index is 0.286.